The van der Waals surface area contributed by atoms with Gasteiger partial charge in [0.25, 0.3) is 5.91 Å². The lowest BCUT2D eigenvalue weighted by atomic mass is 10.0. The molecule has 2 N–H and O–H groups in total. The molecule has 4 rings (SSSR count). The van der Waals surface area contributed by atoms with Gasteiger partial charge < -0.3 is 10.6 Å². The summed E-state index contributed by atoms with van der Waals surface area (Å²) in [4.78, 5) is 30.1. The van der Waals surface area contributed by atoms with Crippen LogP contribution in [0.4, 0.5) is 5.13 Å². The van der Waals surface area contributed by atoms with Crippen LogP contribution in [0, 0.1) is 0 Å². The molecule has 0 fully saturated rings. The topological polar surface area (TPSA) is 71.1 Å². The van der Waals surface area contributed by atoms with E-state index in [1.165, 1.54) is 11.3 Å². The first-order valence-corrected chi connectivity index (χ1v) is 10.1. The number of para-hydroxylation sites is 1. The minimum Gasteiger partial charge on any atom is -0.340 e. The second-order valence-corrected chi connectivity index (χ2v) is 7.59. The number of nitrogens with one attached hydrogen (secondary N) is 2. The van der Waals surface area contributed by atoms with Gasteiger partial charge in [0, 0.05) is 12.0 Å². The molecule has 144 valence electrons. The van der Waals surface area contributed by atoms with E-state index >= 15 is 0 Å². The van der Waals surface area contributed by atoms with Crippen molar-refractivity contribution in [1.82, 2.24) is 10.3 Å². The van der Waals surface area contributed by atoms with E-state index in [0.29, 0.717) is 17.1 Å². The number of benzene rings is 3. The molecule has 5 nitrogen and oxygen atoms in total. The van der Waals surface area contributed by atoms with Gasteiger partial charge in [-0.25, -0.2) is 4.98 Å². The van der Waals surface area contributed by atoms with Crippen LogP contribution in [0.5, 0.6) is 0 Å². The van der Waals surface area contributed by atoms with Crippen molar-refractivity contribution in [3.05, 3.63) is 96.1 Å². The lowest BCUT2D eigenvalue weighted by molar-refractivity contribution is -0.118. The molecular weight excluding hydrogens is 382 g/mol. The van der Waals surface area contributed by atoms with E-state index in [1.54, 1.807) is 24.3 Å². The largest absolute Gasteiger partial charge is 0.340 e. The van der Waals surface area contributed by atoms with E-state index in [1.807, 2.05) is 60.7 Å². The highest BCUT2D eigenvalue weighted by atomic mass is 32.1. The van der Waals surface area contributed by atoms with E-state index in [4.69, 9.17) is 0 Å². The fraction of sp³-hybridized carbons (Fsp3) is 0.0870. The third kappa shape index (κ3) is 4.67. The van der Waals surface area contributed by atoms with Crippen LogP contribution >= 0.6 is 11.3 Å². The van der Waals surface area contributed by atoms with E-state index in [0.717, 1.165) is 15.8 Å². The van der Waals surface area contributed by atoms with Crippen molar-refractivity contribution >= 4 is 38.5 Å². The number of anilines is 1. The SMILES string of the molecule is O=C(N[C@@H](Cc1ccccc1)C(=O)Nc1nc2ccccc2s1)c1ccccc1. The minimum atomic E-state index is -0.725. The molecule has 3 aromatic carbocycles. The number of amides is 2. The number of fused-ring (bicyclic) bond motifs is 1. The number of hydrogen-bond acceptors (Lipinski definition) is 4. The first-order chi connectivity index (χ1) is 14.2. The Hall–Kier alpha value is -3.51. The Morgan fingerprint density at radius 1 is 0.862 bits per heavy atom. The molecule has 1 atom stereocenters. The van der Waals surface area contributed by atoms with Crippen LogP contribution < -0.4 is 10.6 Å². The molecule has 0 unspecified atom stereocenters. The summed E-state index contributed by atoms with van der Waals surface area (Å²) < 4.78 is 0.996. The van der Waals surface area contributed by atoms with Crippen molar-refractivity contribution in [2.45, 2.75) is 12.5 Å². The highest BCUT2D eigenvalue weighted by Gasteiger charge is 2.23. The van der Waals surface area contributed by atoms with Crippen LogP contribution in [0.1, 0.15) is 15.9 Å². The number of rotatable bonds is 6. The van der Waals surface area contributed by atoms with Gasteiger partial charge in [0.2, 0.25) is 5.91 Å². The predicted octanol–water partition coefficient (Wildman–Crippen LogP) is 4.28. The second-order valence-electron chi connectivity index (χ2n) is 6.56. The van der Waals surface area contributed by atoms with Crippen molar-refractivity contribution in [2.75, 3.05) is 5.32 Å². The molecule has 0 radical (unpaired) electrons. The summed E-state index contributed by atoms with van der Waals surface area (Å²) in [6.45, 7) is 0. The summed E-state index contributed by atoms with van der Waals surface area (Å²) in [7, 11) is 0. The van der Waals surface area contributed by atoms with E-state index in [9.17, 15) is 9.59 Å². The van der Waals surface area contributed by atoms with Crippen LogP contribution in [0.25, 0.3) is 10.2 Å². The third-order valence-electron chi connectivity index (χ3n) is 4.46. The molecule has 6 heteroatoms. The Kier molecular flexibility index (Phi) is 5.63. The highest BCUT2D eigenvalue weighted by Crippen LogP contribution is 2.25. The van der Waals surface area contributed by atoms with Crippen LogP contribution in [-0.2, 0) is 11.2 Å². The molecule has 4 aromatic rings. The van der Waals surface area contributed by atoms with Crippen LogP contribution in [-0.4, -0.2) is 22.8 Å². The zero-order valence-corrected chi connectivity index (χ0v) is 16.4. The monoisotopic (exact) mass is 401 g/mol. The Balaban J connectivity index is 1.54. The molecule has 0 bridgehead atoms. The van der Waals surface area contributed by atoms with Gasteiger partial charge in [0.1, 0.15) is 6.04 Å². The average Bonchev–Trinajstić information content (AvgIpc) is 3.17. The molecular formula is C23H19N3O2S. The van der Waals surface area contributed by atoms with Gasteiger partial charge in [-0.3, -0.25) is 9.59 Å². The minimum absolute atomic E-state index is 0.286. The van der Waals surface area contributed by atoms with Gasteiger partial charge >= 0.3 is 0 Å². The van der Waals surface area contributed by atoms with Crippen molar-refractivity contribution in [2.24, 2.45) is 0 Å². The smallest absolute Gasteiger partial charge is 0.251 e. The predicted molar refractivity (Wildman–Crippen MR) is 116 cm³/mol. The number of carbonyl (C=O) groups excluding carboxylic acids is 2. The zero-order valence-electron chi connectivity index (χ0n) is 15.5. The number of thiazole rings is 1. The van der Waals surface area contributed by atoms with Gasteiger partial charge in [-0.2, -0.15) is 0 Å². The normalized spacial score (nSPS) is 11.7. The van der Waals surface area contributed by atoms with Crippen molar-refractivity contribution in [3.8, 4) is 0 Å². The Labute approximate surface area is 172 Å². The molecule has 0 aliphatic heterocycles. The maximum Gasteiger partial charge on any atom is 0.251 e. The summed E-state index contributed by atoms with van der Waals surface area (Å²) in [5.74, 6) is -0.580. The standard InChI is InChI=1S/C23H19N3O2S/c27-21(17-11-5-2-6-12-17)24-19(15-16-9-3-1-4-10-16)22(28)26-23-25-18-13-7-8-14-20(18)29-23/h1-14,19H,15H2,(H,24,27)(H,25,26,28)/t19-/m0/s1. The molecule has 0 aliphatic rings. The summed E-state index contributed by atoms with van der Waals surface area (Å²) in [5, 5.41) is 6.24. The lowest BCUT2D eigenvalue weighted by Crippen LogP contribution is -2.45. The molecule has 0 saturated carbocycles. The quantitative estimate of drug-likeness (QED) is 0.507. The maximum atomic E-state index is 13.0. The molecule has 0 spiro atoms. The number of carbonyl (C=O) groups is 2. The van der Waals surface area contributed by atoms with Crippen LogP contribution in [0.15, 0.2) is 84.9 Å². The van der Waals surface area contributed by atoms with Gasteiger partial charge in [-0.05, 0) is 29.8 Å². The number of aromatic nitrogens is 1. The maximum absolute atomic E-state index is 13.0. The number of hydrogen-bond donors (Lipinski definition) is 2. The average molecular weight is 401 g/mol. The molecule has 2 amide bonds. The van der Waals surface area contributed by atoms with E-state index < -0.39 is 6.04 Å². The molecule has 29 heavy (non-hydrogen) atoms. The fourth-order valence-corrected chi connectivity index (χ4v) is 3.88. The Morgan fingerprint density at radius 3 is 2.24 bits per heavy atom. The summed E-state index contributed by atoms with van der Waals surface area (Å²) in [6, 6.07) is 25.5. The first-order valence-electron chi connectivity index (χ1n) is 9.25. The Morgan fingerprint density at radius 2 is 1.52 bits per heavy atom. The first kappa shape index (κ1) is 18.8. The molecule has 1 heterocycles. The van der Waals surface area contributed by atoms with Crippen molar-refractivity contribution in [1.29, 1.82) is 0 Å². The van der Waals surface area contributed by atoms with Crippen LogP contribution in [0.2, 0.25) is 0 Å². The highest BCUT2D eigenvalue weighted by molar-refractivity contribution is 7.22. The van der Waals surface area contributed by atoms with Gasteiger partial charge in [0.15, 0.2) is 5.13 Å². The van der Waals surface area contributed by atoms with Crippen LogP contribution in [0.3, 0.4) is 0 Å². The zero-order chi connectivity index (χ0) is 20.1. The van der Waals surface area contributed by atoms with Gasteiger partial charge in [-0.15, -0.1) is 0 Å². The summed E-state index contributed by atoms with van der Waals surface area (Å²) in [5.41, 5.74) is 2.31. The number of nitrogens with zero attached hydrogens (tertiary/aromatic N) is 1. The van der Waals surface area contributed by atoms with Crippen molar-refractivity contribution in [3.63, 3.8) is 0 Å². The molecule has 0 aliphatic carbocycles. The van der Waals surface area contributed by atoms with Gasteiger partial charge in [-0.1, -0.05) is 72.0 Å². The molecule has 1 aromatic heterocycles. The summed E-state index contributed by atoms with van der Waals surface area (Å²) >= 11 is 1.41. The van der Waals surface area contributed by atoms with Gasteiger partial charge in [0.05, 0.1) is 10.2 Å². The lowest BCUT2D eigenvalue weighted by Gasteiger charge is -2.18. The van der Waals surface area contributed by atoms with E-state index in [2.05, 4.69) is 15.6 Å². The van der Waals surface area contributed by atoms with Crippen molar-refractivity contribution < 1.29 is 9.59 Å². The Bertz CT molecular complexity index is 1090. The third-order valence-corrected chi connectivity index (χ3v) is 5.42. The second kappa shape index (κ2) is 8.67. The van der Waals surface area contributed by atoms with E-state index in [-0.39, 0.29) is 11.8 Å². The molecule has 0 saturated heterocycles. The summed E-state index contributed by atoms with van der Waals surface area (Å²) in [6.07, 6.45) is 0.385. The fourth-order valence-electron chi connectivity index (χ4n) is 3.01.